The van der Waals surface area contributed by atoms with Crippen LogP contribution in [0.15, 0.2) is 47.1 Å². The molecule has 4 rings (SSSR count). The number of H-pyrrole nitrogens is 1. The van der Waals surface area contributed by atoms with Crippen molar-refractivity contribution in [3.8, 4) is 0 Å². The van der Waals surface area contributed by atoms with Crippen LogP contribution >= 0.6 is 0 Å². The van der Waals surface area contributed by atoms with E-state index in [2.05, 4.69) is 4.98 Å². The number of carbonyl (C=O) groups is 1. The molecule has 0 bridgehead atoms. The lowest BCUT2D eigenvalue weighted by Gasteiger charge is -2.34. The van der Waals surface area contributed by atoms with Crippen LogP contribution in [0.3, 0.4) is 0 Å². The zero-order valence-electron chi connectivity index (χ0n) is 13.6. The third kappa shape index (κ3) is 2.94. The van der Waals surface area contributed by atoms with E-state index in [9.17, 15) is 4.79 Å². The Bertz CT molecular complexity index is 789. The fourth-order valence-electron chi connectivity index (χ4n) is 3.47. The van der Waals surface area contributed by atoms with Crippen molar-refractivity contribution >= 4 is 16.9 Å². The zero-order valence-corrected chi connectivity index (χ0v) is 13.6. The molecule has 5 nitrogen and oxygen atoms in total. The number of para-hydroxylation sites is 2. The molecule has 0 aliphatic carbocycles. The maximum atomic E-state index is 12.7. The van der Waals surface area contributed by atoms with Gasteiger partial charge in [0.2, 0.25) is 5.91 Å². The van der Waals surface area contributed by atoms with Crippen LogP contribution in [0.25, 0.3) is 11.0 Å². The summed E-state index contributed by atoms with van der Waals surface area (Å²) in [5.41, 5.74) is 1.99. The van der Waals surface area contributed by atoms with E-state index in [4.69, 9.17) is 9.40 Å². The summed E-state index contributed by atoms with van der Waals surface area (Å²) in [7, 11) is 0. The summed E-state index contributed by atoms with van der Waals surface area (Å²) >= 11 is 0. The molecule has 1 N–H and O–H groups in total. The number of furan rings is 1. The van der Waals surface area contributed by atoms with Gasteiger partial charge in [-0.3, -0.25) is 4.79 Å². The highest BCUT2D eigenvalue weighted by atomic mass is 16.3. The van der Waals surface area contributed by atoms with Crippen LogP contribution in [0.4, 0.5) is 0 Å². The lowest BCUT2D eigenvalue weighted by molar-refractivity contribution is -0.135. The number of rotatable bonds is 4. The summed E-state index contributed by atoms with van der Waals surface area (Å²) in [6, 6.07) is 11.8. The van der Waals surface area contributed by atoms with Crippen molar-refractivity contribution < 1.29 is 9.21 Å². The first-order valence-corrected chi connectivity index (χ1v) is 8.58. The Morgan fingerprint density at radius 1 is 1.25 bits per heavy atom. The second kappa shape index (κ2) is 6.51. The lowest BCUT2D eigenvalue weighted by atomic mass is 10.0. The van der Waals surface area contributed by atoms with E-state index in [1.807, 2.05) is 41.3 Å². The molecule has 1 atom stereocenters. The number of aromatic amines is 1. The first kappa shape index (κ1) is 15.0. The van der Waals surface area contributed by atoms with Gasteiger partial charge >= 0.3 is 0 Å². The molecule has 0 radical (unpaired) electrons. The van der Waals surface area contributed by atoms with Crippen molar-refractivity contribution in [2.75, 3.05) is 6.54 Å². The maximum absolute atomic E-state index is 12.7. The van der Waals surface area contributed by atoms with Crippen LogP contribution in [0.2, 0.25) is 0 Å². The van der Waals surface area contributed by atoms with Gasteiger partial charge in [0.25, 0.3) is 0 Å². The minimum absolute atomic E-state index is 0.0512. The van der Waals surface area contributed by atoms with Crippen molar-refractivity contribution in [2.24, 2.45) is 0 Å². The van der Waals surface area contributed by atoms with Gasteiger partial charge in [0.1, 0.15) is 11.6 Å². The Kier molecular flexibility index (Phi) is 4.07. The molecular weight excluding hydrogens is 302 g/mol. The molecule has 3 heterocycles. The molecular formula is C19H21N3O2. The maximum Gasteiger partial charge on any atom is 0.223 e. The minimum atomic E-state index is 0.0512. The molecule has 1 fully saturated rings. The van der Waals surface area contributed by atoms with Gasteiger partial charge in [-0.05, 0) is 43.5 Å². The van der Waals surface area contributed by atoms with Crippen LogP contribution in [-0.4, -0.2) is 27.3 Å². The fourth-order valence-corrected chi connectivity index (χ4v) is 3.47. The molecule has 1 amide bonds. The summed E-state index contributed by atoms with van der Waals surface area (Å²) < 4.78 is 5.33. The van der Waals surface area contributed by atoms with Gasteiger partial charge in [0, 0.05) is 19.4 Å². The highest BCUT2D eigenvalue weighted by Crippen LogP contribution is 2.31. The highest BCUT2D eigenvalue weighted by Gasteiger charge is 2.29. The van der Waals surface area contributed by atoms with Gasteiger partial charge in [0.15, 0.2) is 0 Å². The van der Waals surface area contributed by atoms with Gasteiger partial charge in [-0.15, -0.1) is 0 Å². The molecule has 1 aliphatic rings. The number of carbonyl (C=O) groups excluding carboxylic acids is 1. The number of hydrogen-bond acceptors (Lipinski definition) is 3. The predicted octanol–water partition coefficient (Wildman–Crippen LogP) is 3.84. The van der Waals surface area contributed by atoms with E-state index in [1.54, 1.807) is 6.26 Å². The van der Waals surface area contributed by atoms with Gasteiger partial charge in [-0.2, -0.15) is 0 Å². The quantitative estimate of drug-likeness (QED) is 0.793. The minimum Gasteiger partial charge on any atom is -0.469 e. The van der Waals surface area contributed by atoms with Crippen LogP contribution in [0.1, 0.15) is 43.3 Å². The zero-order chi connectivity index (χ0) is 16.4. The Morgan fingerprint density at radius 3 is 3.00 bits per heavy atom. The van der Waals surface area contributed by atoms with Gasteiger partial charge in [-0.1, -0.05) is 12.1 Å². The summed E-state index contributed by atoms with van der Waals surface area (Å²) in [6.07, 6.45) is 5.93. The Hall–Kier alpha value is -2.56. The summed E-state index contributed by atoms with van der Waals surface area (Å²) in [5.74, 6) is 1.94. The molecule has 3 aromatic rings. The summed E-state index contributed by atoms with van der Waals surface area (Å²) in [6.45, 7) is 0.804. The third-order valence-electron chi connectivity index (χ3n) is 4.71. The average molecular weight is 323 g/mol. The number of nitrogens with one attached hydrogen (secondary N) is 1. The Labute approximate surface area is 140 Å². The second-order valence-corrected chi connectivity index (χ2v) is 6.32. The van der Waals surface area contributed by atoms with Crippen LogP contribution in [0, 0.1) is 0 Å². The number of amides is 1. The van der Waals surface area contributed by atoms with Crippen molar-refractivity contribution in [3.63, 3.8) is 0 Å². The monoisotopic (exact) mass is 323 g/mol. The smallest absolute Gasteiger partial charge is 0.223 e. The standard InChI is InChI=1S/C19H21N3O2/c23-18(11-10-14-6-5-13-24-14)22-12-4-3-9-17(22)19-20-15-7-1-2-8-16(15)21-19/h1-2,5-8,13,17H,3-4,9-12H2,(H,20,21). The number of aryl methyl sites for hydroxylation is 1. The number of fused-ring (bicyclic) bond motifs is 1. The average Bonchev–Trinajstić information content (AvgIpc) is 3.29. The largest absolute Gasteiger partial charge is 0.469 e. The Morgan fingerprint density at radius 2 is 2.17 bits per heavy atom. The van der Waals surface area contributed by atoms with E-state index in [1.165, 1.54) is 0 Å². The van der Waals surface area contributed by atoms with E-state index >= 15 is 0 Å². The van der Waals surface area contributed by atoms with Crippen molar-refractivity contribution in [3.05, 3.63) is 54.2 Å². The van der Waals surface area contributed by atoms with Crippen LogP contribution in [-0.2, 0) is 11.2 Å². The number of aromatic nitrogens is 2. The molecule has 1 aliphatic heterocycles. The molecule has 1 aromatic carbocycles. The number of nitrogens with zero attached hydrogens (tertiary/aromatic N) is 2. The number of imidazole rings is 1. The van der Waals surface area contributed by atoms with Crippen molar-refractivity contribution in [2.45, 2.75) is 38.1 Å². The SMILES string of the molecule is O=C(CCc1ccco1)N1CCCCC1c1nc2ccccc2[nH]1. The molecule has 0 saturated carbocycles. The normalized spacial score (nSPS) is 18.2. The molecule has 24 heavy (non-hydrogen) atoms. The predicted molar refractivity (Wildman–Crippen MR) is 91.4 cm³/mol. The molecule has 124 valence electrons. The Balaban J connectivity index is 1.52. The highest BCUT2D eigenvalue weighted by molar-refractivity contribution is 5.78. The van der Waals surface area contributed by atoms with Gasteiger partial charge in [0.05, 0.1) is 23.3 Å². The van der Waals surface area contributed by atoms with Gasteiger partial charge < -0.3 is 14.3 Å². The third-order valence-corrected chi connectivity index (χ3v) is 4.71. The van der Waals surface area contributed by atoms with Crippen molar-refractivity contribution in [1.82, 2.24) is 14.9 Å². The van der Waals surface area contributed by atoms with Crippen molar-refractivity contribution in [1.29, 1.82) is 0 Å². The van der Waals surface area contributed by atoms with Gasteiger partial charge in [-0.25, -0.2) is 4.98 Å². The summed E-state index contributed by atoms with van der Waals surface area (Å²) in [4.78, 5) is 22.8. The molecule has 1 saturated heterocycles. The number of piperidine rings is 1. The number of hydrogen-bond donors (Lipinski definition) is 1. The van der Waals surface area contributed by atoms with E-state index < -0.39 is 0 Å². The van der Waals surface area contributed by atoms with E-state index in [0.717, 1.165) is 48.4 Å². The van der Waals surface area contributed by atoms with Crippen LogP contribution < -0.4 is 0 Å². The van der Waals surface area contributed by atoms with E-state index in [0.29, 0.717) is 12.8 Å². The molecule has 2 aromatic heterocycles. The number of likely N-dealkylation sites (tertiary alicyclic amines) is 1. The summed E-state index contributed by atoms with van der Waals surface area (Å²) in [5, 5.41) is 0. The lowest BCUT2D eigenvalue weighted by Crippen LogP contribution is -2.39. The molecule has 0 spiro atoms. The topological polar surface area (TPSA) is 62.1 Å². The molecule has 5 heteroatoms. The second-order valence-electron chi connectivity index (χ2n) is 6.32. The number of benzene rings is 1. The first-order chi connectivity index (χ1) is 11.8. The van der Waals surface area contributed by atoms with Crippen LogP contribution in [0.5, 0.6) is 0 Å². The first-order valence-electron chi connectivity index (χ1n) is 8.58. The fraction of sp³-hybridized carbons (Fsp3) is 0.368. The molecule has 1 unspecified atom stereocenters. The van der Waals surface area contributed by atoms with E-state index in [-0.39, 0.29) is 11.9 Å².